The molecule has 1 aliphatic rings. The summed E-state index contributed by atoms with van der Waals surface area (Å²) in [5.74, 6) is -0.442. The minimum Gasteiger partial charge on any atom is -0.474 e. The molecule has 7 nitrogen and oxygen atoms in total. The molecule has 1 saturated carbocycles. The Morgan fingerprint density at radius 1 is 1.25 bits per heavy atom. The Labute approximate surface area is 159 Å². The number of nitro benzene ring substituents is 1. The predicted octanol–water partition coefficient (Wildman–Crippen LogP) is 4.88. The highest BCUT2D eigenvalue weighted by atomic mass is 19.4. The number of rotatable bonds is 6. The molecule has 1 heterocycles. The van der Waals surface area contributed by atoms with E-state index in [1.54, 1.807) is 11.8 Å². The van der Waals surface area contributed by atoms with Crippen LogP contribution in [-0.4, -0.2) is 27.5 Å². The number of aromatic nitrogens is 2. The third-order valence-electron chi connectivity index (χ3n) is 4.56. The second kappa shape index (κ2) is 7.99. The quantitative estimate of drug-likeness (QED) is 0.511. The van der Waals surface area contributed by atoms with Crippen LogP contribution >= 0.6 is 0 Å². The number of ether oxygens (including phenoxy) is 1. The standard InChI is InChI=1S/C18H19F3N4O3/c1-2-24(12-7-9-13(10-8-12)25(26)27)17-22-11-15(18(19,20)21)16(23-17)28-14-5-3-4-6-14/h7-11,14H,2-6H2,1H3. The first-order valence-electron chi connectivity index (χ1n) is 8.92. The highest BCUT2D eigenvalue weighted by Gasteiger charge is 2.37. The average Bonchev–Trinajstić information content (AvgIpc) is 3.15. The average molecular weight is 396 g/mol. The molecule has 0 atom stereocenters. The lowest BCUT2D eigenvalue weighted by Gasteiger charge is -2.23. The molecule has 1 aliphatic carbocycles. The first kappa shape index (κ1) is 19.8. The Hall–Kier alpha value is -2.91. The predicted molar refractivity (Wildman–Crippen MR) is 95.7 cm³/mol. The van der Waals surface area contributed by atoms with Crippen LogP contribution < -0.4 is 9.64 Å². The summed E-state index contributed by atoms with van der Waals surface area (Å²) in [6, 6.07) is 5.64. The van der Waals surface area contributed by atoms with Crippen molar-refractivity contribution in [1.82, 2.24) is 9.97 Å². The van der Waals surface area contributed by atoms with Crippen molar-refractivity contribution in [1.29, 1.82) is 0 Å². The summed E-state index contributed by atoms with van der Waals surface area (Å²) in [4.78, 5) is 19.8. The molecule has 0 bridgehead atoms. The molecule has 10 heteroatoms. The molecule has 3 rings (SSSR count). The first-order valence-corrected chi connectivity index (χ1v) is 8.92. The lowest BCUT2D eigenvalue weighted by molar-refractivity contribution is -0.384. The van der Waals surface area contributed by atoms with E-state index in [1.165, 1.54) is 24.3 Å². The number of benzene rings is 1. The van der Waals surface area contributed by atoms with Gasteiger partial charge in [0.05, 0.1) is 4.92 Å². The molecule has 28 heavy (non-hydrogen) atoms. The largest absolute Gasteiger partial charge is 0.474 e. The van der Waals surface area contributed by atoms with Crippen molar-refractivity contribution < 1.29 is 22.8 Å². The third-order valence-corrected chi connectivity index (χ3v) is 4.56. The molecule has 1 aromatic carbocycles. The monoisotopic (exact) mass is 396 g/mol. The molecule has 150 valence electrons. The van der Waals surface area contributed by atoms with E-state index in [0.29, 0.717) is 25.1 Å². The molecular formula is C18H19F3N4O3. The van der Waals surface area contributed by atoms with E-state index < -0.39 is 22.5 Å². The molecule has 0 amide bonds. The molecule has 0 N–H and O–H groups in total. The van der Waals surface area contributed by atoms with Gasteiger partial charge in [0, 0.05) is 30.6 Å². The smallest absolute Gasteiger partial charge is 0.423 e. The van der Waals surface area contributed by atoms with Gasteiger partial charge >= 0.3 is 6.18 Å². The highest BCUT2D eigenvalue weighted by molar-refractivity contribution is 5.59. The molecule has 0 spiro atoms. The van der Waals surface area contributed by atoms with E-state index >= 15 is 0 Å². The van der Waals surface area contributed by atoms with Crippen molar-refractivity contribution in [3.05, 3.63) is 46.1 Å². The van der Waals surface area contributed by atoms with Crippen molar-refractivity contribution in [3.8, 4) is 5.88 Å². The van der Waals surface area contributed by atoms with Crippen molar-refractivity contribution in [2.75, 3.05) is 11.4 Å². The zero-order valence-corrected chi connectivity index (χ0v) is 15.1. The maximum Gasteiger partial charge on any atom is 0.423 e. The molecule has 1 aromatic heterocycles. The normalized spacial score (nSPS) is 14.9. The Morgan fingerprint density at radius 2 is 1.89 bits per heavy atom. The van der Waals surface area contributed by atoms with Crippen LogP contribution in [0.4, 0.5) is 30.5 Å². The van der Waals surface area contributed by atoms with Gasteiger partial charge in [0.1, 0.15) is 11.7 Å². The molecule has 0 aliphatic heterocycles. The number of alkyl halides is 3. The second-order valence-electron chi connectivity index (χ2n) is 6.43. The van der Waals surface area contributed by atoms with Gasteiger partial charge in [0.15, 0.2) is 0 Å². The number of halogens is 3. The van der Waals surface area contributed by atoms with Crippen LogP contribution in [0.25, 0.3) is 0 Å². The Balaban J connectivity index is 1.95. The van der Waals surface area contributed by atoms with Crippen LogP contribution in [0.1, 0.15) is 38.2 Å². The number of nitrogens with zero attached hydrogens (tertiary/aromatic N) is 4. The molecular weight excluding hydrogens is 377 g/mol. The SMILES string of the molecule is CCN(c1ccc([N+](=O)[O-])cc1)c1ncc(C(F)(F)F)c(OC2CCCC2)n1. The van der Waals surface area contributed by atoms with E-state index in [0.717, 1.165) is 19.0 Å². The van der Waals surface area contributed by atoms with Crippen molar-refractivity contribution in [3.63, 3.8) is 0 Å². The van der Waals surface area contributed by atoms with Crippen LogP contribution in [0.2, 0.25) is 0 Å². The number of hydrogen-bond donors (Lipinski definition) is 0. The van der Waals surface area contributed by atoms with Crippen LogP contribution in [0.3, 0.4) is 0 Å². The Bertz CT molecular complexity index is 837. The maximum absolute atomic E-state index is 13.3. The fourth-order valence-electron chi connectivity index (χ4n) is 3.13. The summed E-state index contributed by atoms with van der Waals surface area (Å²) in [7, 11) is 0. The molecule has 2 aromatic rings. The fourth-order valence-corrected chi connectivity index (χ4v) is 3.13. The minimum atomic E-state index is -4.63. The number of non-ortho nitro benzene ring substituents is 1. The lowest BCUT2D eigenvalue weighted by atomic mass is 10.2. The summed E-state index contributed by atoms with van der Waals surface area (Å²) >= 11 is 0. The van der Waals surface area contributed by atoms with Gasteiger partial charge in [0.25, 0.3) is 5.69 Å². The first-order chi connectivity index (χ1) is 13.3. The molecule has 0 unspecified atom stereocenters. The maximum atomic E-state index is 13.3. The Kier molecular flexibility index (Phi) is 5.66. The zero-order valence-electron chi connectivity index (χ0n) is 15.1. The van der Waals surface area contributed by atoms with E-state index in [2.05, 4.69) is 9.97 Å². The number of nitro groups is 1. The van der Waals surface area contributed by atoms with Gasteiger partial charge < -0.3 is 9.64 Å². The molecule has 0 saturated heterocycles. The van der Waals surface area contributed by atoms with Crippen molar-refractivity contribution in [2.45, 2.75) is 44.9 Å². The summed E-state index contributed by atoms with van der Waals surface area (Å²) in [5, 5.41) is 10.8. The third kappa shape index (κ3) is 4.32. The fraction of sp³-hybridized carbons (Fsp3) is 0.444. The van der Waals surface area contributed by atoms with Gasteiger partial charge in [-0.3, -0.25) is 10.1 Å². The van der Waals surface area contributed by atoms with Gasteiger partial charge in [-0.25, -0.2) is 4.98 Å². The van der Waals surface area contributed by atoms with E-state index in [4.69, 9.17) is 4.74 Å². The van der Waals surface area contributed by atoms with E-state index in [-0.39, 0.29) is 17.7 Å². The zero-order chi connectivity index (χ0) is 20.3. The van der Waals surface area contributed by atoms with Gasteiger partial charge in [-0.2, -0.15) is 18.2 Å². The minimum absolute atomic E-state index is 0.0392. The number of hydrogen-bond acceptors (Lipinski definition) is 6. The second-order valence-corrected chi connectivity index (χ2v) is 6.43. The van der Waals surface area contributed by atoms with Crippen LogP contribution in [0.5, 0.6) is 5.88 Å². The van der Waals surface area contributed by atoms with Gasteiger partial charge in [-0.05, 0) is 44.7 Å². The molecule has 0 radical (unpaired) electrons. The van der Waals surface area contributed by atoms with Crippen molar-refractivity contribution in [2.24, 2.45) is 0 Å². The van der Waals surface area contributed by atoms with Gasteiger partial charge in [0.2, 0.25) is 11.8 Å². The lowest BCUT2D eigenvalue weighted by Crippen LogP contribution is -2.22. The van der Waals surface area contributed by atoms with Gasteiger partial charge in [-0.1, -0.05) is 0 Å². The van der Waals surface area contributed by atoms with E-state index in [1.807, 2.05) is 0 Å². The van der Waals surface area contributed by atoms with Gasteiger partial charge in [-0.15, -0.1) is 0 Å². The summed E-state index contributed by atoms with van der Waals surface area (Å²) in [5.41, 5.74) is -0.569. The van der Waals surface area contributed by atoms with Crippen LogP contribution in [0.15, 0.2) is 30.5 Å². The topological polar surface area (TPSA) is 81.4 Å². The molecule has 1 fully saturated rings. The van der Waals surface area contributed by atoms with Crippen LogP contribution in [-0.2, 0) is 6.18 Å². The summed E-state index contributed by atoms with van der Waals surface area (Å²) in [6.45, 7) is 2.13. The number of anilines is 2. The summed E-state index contributed by atoms with van der Waals surface area (Å²) < 4.78 is 45.6. The van der Waals surface area contributed by atoms with E-state index in [9.17, 15) is 23.3 Å². The van der Waals surface area contributed by atoms with Crippen LogP contribution in [0, 0.1) is 10.1 Å². The van der Waals surface area contributed by atoms with Crippen molar-refractivity contribution >= 4 is 17.3 Å². The highest BCUT2D eigenvalue weighted by Crippen LogP contribution is 2.38. The summed E-state index contributed by atoms with van der Waals surface area (Å²) in [6.07, 6.45) is -0.995. The Morgan fingerprint density at radius 3 is 2.43 bits per heavy atom.